The fraction of sp³-hybridized carbons (Fsp3) is 0.553. The van der Waals surface area contributed by atoms with E-state index in [0.717, 1.165) is 70.6 Å². The zero-order valence-electron chi connectivity index (χ0n) is 34.8. The van der Waals surface area contributed by atoms with E-state index in [1.54, 1.807) is 21.1 Å². The van der Waals surface area contributed by atoms with Gasteiger partial charge in [-0.05, 0) is 83.5 Å². The fourth-order valence-electron chi connectivity index (χ4n) is 5.04. The van der Waals surface area contributed by atoms with Gasteiger partial charge in [-0.25, -0.2) is 0 Å². The average Bonchev–Trinajstić information content (AvgIpc) is 3.14. The first-order valence-corrected chi connectivity index (χ1v) is 20.4. The van der Waals surface area contributed by atoms with Gasteiger partial charge in [0.1, 0.15) is 12.6 Å². The largest absolute Gasteiger partial charge is 0.544 e. The van der Waals surface area contributed by atoms with E-state index in [2.05, 4.69) is 123 Å². The van der Waals surface area contributed by atoms with Crippen molar-refractivity contribution in [3.05, 3.63) is 109 Å². The first kappa shape index (κ1) is 51.0. The second-order valence-corrected chi connectivity index (χ2v) is 14.1. The summed E-state index contributed by atoms with van der Waals surface area (Å²) >= 11 is 0. The van der Waals surface area contributed by atoms with Crippen LogP contribution in [0.4, 0.5) is 0 Å². The van der Waals surface area contributed by atoms with Crippen LogP contribution >= 0.6 is 0 Å². The van der Waals surface area contributed by atoms with E-state index < -0.39 is 24.1 Å². The quantitative estimate of drug-likeness (QED) is 0.0279. The second kappa shape index (κ2) is 36.9. The van der Waals surface area contributed by atoms with E-state index in [4.69, 9.17) is 14.2 Å². The zero-order valence-corrected chi connectivity index (χ0v) is 34.8. The molecule has 0 aliphatic heterocycles. The number of nitrogens with zero attached hydrogens (tertiary/aromatic N) is 1. The Morgan fingerprint density at radius 2 is 0.927 bits per heavy atom. The maximum Gasteiger partial charge on any atom is 0.306 e. The van der Waals surface area contributed by atoms with Crippen LogP contribution in [0.2, 0.25) is 0 Å². The molecule has 0 N–H and O–H groups in total. The Morgan fingerprint density at radius 1 is 0.545 bits per heavy atom. The van der Waals surface area contributed by atoms with E-state index in [1.165, 1.54) is 0 Å². The molecule has 2 unspecified atom stereocenters. The molecule has 55 heavy (non-hydrogen) atoms. The molecule has 2 atom stereocenters. The van der Waals surface area contributed by atoms with Crippen molar-refractivity contribution in [3.63, 3.8) is 0 Å². The van der Waals surface area contributed by atoms with Gasteiger partial charge in [0.15, 0.2) is 6.10 Å². The van der Waals surface area contributed by atoms with Gasteiger partial charge in [-0.2, -0.15) is 0 Å². The van der Waals surface area contributed by atoms with Crippen LogP contribution in [0.15, 0.2) is 109 Å². The lowest BCUT2D eigenvalue weighted by Crippen LogP contribution is -2.55. The molecule has 0 bridgehead atoms. The maximum absolute atomic E-state index is 12.7. The fourth-order valence-corrected chi connectivity index (χ4v) is 5.04. The van der Waals surface area contributed by atoms with Gasteiger partial charge in [0.25, 0.3) is 0 Å². The molecule has 0 amide bonds. The number of hydrogen-bond acceptors (Lipinski definition) is 7. The summed E-state index contributed by atoms with van der Waals surface area (Å²) in [6.07, 6.45) is 50.0. The molecular weight excluding hydrogens is 691 g/mol. The molecule has 0 heterocycles. The minimum Gasteiger partial charge on any atom is -0.544 e. The minimum atomic E-state index is -1.15. The summed E-state index contributed by atoms with van der Waals surface area (Å²) in [4.78, 5) is 36.7. The third-order valence-electron chi connectivity index (χ3n) is 8.15. The Balaban J connectivity index is 4.56. The van der Waals surface area contributed by atoms with E-state index >= 15 is 0 Å². The van der Waals surface area contributed by atoms with Crippen molar-refractivity contribution < 1.29 is 38.2 Å². The third-order valence-corrected chi connectivity index (χ3v) is 8.15. The summed E-state index contributed by atoms with van der Waals surface area (Å²) in [6, 6.07) is -0.749. The van der Waals surface area contributed by atoms with Crippen molar-refractivity contribution in [2.45, 2.75) is 129 Å². The summed E-state index contributed by atoms with van der Waals surface area (Å²) in [5.41, 5.74) is 0. The number of aliphatic carboxylic acids is 1. The normalized spacial score (nSPS) is 14.1. The van der Waals surface area contributed by atoms with E-state index in [9.17, 15) is 19.5 Å². The highest BCUT2D eigenvalue weighted by molar-refractivity contribution is 5.70. The van der Waals surface area contributed by atoms with Crippen LogP contribution in [0, 0.1) is 0 Å². The first-order valence-electron chi connectivity index (χ1n) is 20.4. The number of rotatable bonds is 34. The van der Waals surface area contributed by atoms with Crippen molar-refractivity contribution in [2.75, 3.05) is 41.0 Å². The predicted molar refractivity (Wildman–Crippen MR) is 226 cm³/mol. The molecule has 0 saturated carbocycles. The molecule has 0 aromatic heterocycles. The number of carboxylic acid groups (broad SMARTS) is 1. The molecule has 0 aliphatic carbocycles. The lowest BCUT2D eigenvalue weighted by molar-refractivity contribution is -0.889. The molecule has 0 spiro atoms. The highest BCUT2D eigenvalue weighted by Crippen LogP contribution is 2.10. The lowest BCUT2D eigenvalue weighted by atomic mass is 10.1. The van der Waals surface area contributed by atoms with Crippen LogP contribution < -0.4 is 5.11 Å². The van der Waals surface area contributed by atoms with Gasteiger partial charge in [0.05, 0.1) is 40.3 Å². The zero-order chi connectivity index (χ0) is 40.7. The summed E-state index contributed by atoms with van der Waals surface area (Å²) in [6.45, 7) is 4.27. The van der Waals surface area contributed by atoms with Crippen LogP contribution in [0.3, 0.4) is 0 Å². The Morgan fingerprint density at radius 3 is 1.31 bits per heavy atom. The van der Waals surface area contributed by atoms with Gasteiger partial charge >= 0.3 is 11.9 Å². The Kier molecular flexibility index (Phi) is 34.2. The highest BCUT2D eigenvalue weighted by Gasteiger charge is 2.25. The SMILES string of the molecule is CC/C=C/C/C=C/C/C=C/C/C=C/C/C=C/C/C=C/CCCC(=O)OC(COCCC(C(=O)[O-])[N+](C)(C)C)COC(=O)CCC/C=C/C/C=C/C/C=C/CC. The average molecular weight is 764 g/mol. The number of allylic oxidation sites excluding steroid dienone is 18. The standard InChI is InChI=1S/C47H73NO7/c1-6-8-10-12-14-16-18-19-20-21-22-23-24-25-26-28-30-32-34-36-38-46(50)55-43(41-53-40-39-44(47(51)52)48(3,4)5)42-54-45(49)37-35-33-31-29-27-17-15-13-11-9-7-2/h8-11,14-17,19-20,22-23,25-26,29-32,43-44H,6-7,12-13,18,21,24,27-28,33-42H2,1-5H3/b10-8+,11-9+,16-14+,17-15+,20-19+,23-22+,26-25+,31-29+,32-30+. The topological polar surface area (TPSA) is 102 Å². The molecule has 0 rings (SSSR count). The van der Waals surface area contributed by atoms with Crippen molar-refractivity contribution in [1.82, 2.24) is 0 Å². The molecule has 8 nitrogen and oxygen atoms in total. The molecular formula is C47H73NO7. The number of unbranched alkanes of at least 4 members (excludes halogenated alkanes) is 2. The predicted octanol–water partition coefficient (Wildman–Crippen LogP) is 9.57. The first-order chi connectivity index (χ1) is 26.6. The summed E-state index contributed by atoms with van der Waals surface area (Å²) in [7, 11) is 5.35. The molecule has 0 radical (unpaired) electrons. The van der Waals surface area contributed by atoms with Crippen molar-refractivity contribution >= 4 is 17.9 Å². The van der Waals surface area contributed by atoms with Gasteiger partial charge in [-0.3, -0.25) is 9.59 Å². The van der Waals surface area contributed by atoms with Gasteiger partial charge in [0, 0.05) is 19.3 Å². The van der Waals surface area contributed by atoms with E-state index in [-0.39, 0.29) is 49.5 Å². The van der Waals surface area contributed by atoms with Gasteiger partial charge in [0.2, 0.25) is 0 Å². The van der Waals surface area contributed by atoms with Gasteiger partial charge in [-0.1, -0.05) is 123 Å². The smallest absolute Gasteiger partial charge is 0.306 e. The number of carbonyl (C=O) groups is 3. The molecule has 0 aliphatic rings. The number of carboxylic acids is 1. The molecule has 8 heteroatoms. The third kappa shape index (κ3) is 35.4. The summed E-state index contributed by atoms with van der Waals surface area (Å²) in [5.74, 6) is -1.90. The monoisotopic (exact) mass is 764 g/mol. The summed E-state index contributed by atoms with van der Waals surface area (Å²) < 4.78 is 17.0. The molecule has 0 aromatic carbocycles. The van der Waals surface area contributed by atoms with E-state index in [1.807, 2.05) is 0 Å². The van der Waals surface area contributed by atoms with Crippen LogP contribution in [-0.2, 0) is 28.6 Å². The highest BCUT2D eigenvalue weighted by atomic mass is 16.6. The van der Waals surface area contributed by atoms with Crippen molar-refractivity contribution in [2.24, 2.45) is 0 Å². The number of ether oxygens (including phenoxy) is 3. The minimum absolute atomic E-state index is 0.00638. The van der Waals surface area contributed by atoms with Crippen molar-refractivity contribution in [1.29, 1.82) is 0 Å². The number of hydrogen-bond donors (Lipinski definition) is 0. The lowest BCUT2D eigenvalue weighted by Gasteiger charge is -2.34. The Labute approximate surface area is 334 Å². The van der Waals surface area contributed by atoms with E-state index in [0.29, 0.717) is 12.8 Å². The number of likely N-dealkylation sites (N-methyl/N-ethyl adjacent to an activating group) is 1. The van der Waals surface area contributed by atoms with Crippen LogP contribution in [0.5, 0.6) is 0 Å². The van der Waals surface area contributed by atoms with Crippen LogP contribution in [0.25, 0.3) is 0 Å². The maximum atomic E-state index is 12.7. The molecule has 0 fully saturated rings. The summed E-state index contributed by atoms with van der Waals surface area (Å²) in [5, 5.41) is 11.6. The van der Waals surface area contributed by atoms with Crippen LogP contribution in [-0.4, -0.2) is 75.5 Å². The number of carbonyl (C=O) groups excluding carboxylic acids is 3. The van der Waals surface area contributed by atoms with Gasteiger partial charge in [-0.15, -0.1) is 0 Å². The molecule has 0 aromatic rings. The van der Waals surface area contributed by atoms with Gasteiger partial charge < -0.3 is 28.6 Å². The van der Waals surface area contributed by atoms with Crippen LogP contribution in [0.1, 0.15) is 117 Å². The molecule has 0 saturated heterocycles. The Bertz CT molecular complexity index is 1260. The van der Waals surface area contributed by atoms with Crippen molar-refractivity contribution in [3.8, 4) is 0 Å². The number of quaternary nitrogens is 1. The number of esters is 2. The Hall–Kier alpha value is -4.01. The molecule has 308 valence electrons. The second-order valence-electron chi connectivity index (χ2n) is 14.1.